The van der Waals surface area contributed by atoms with Crippen molar-refractivity contribution in [2.45, 2.75) is 34.1 Å². The summed E-state index contributed by atoms with van der Waals surface area (Å²) in [6.45, 7) is 9.05. The maximum Gasteiger partial charge on any atom is 0.291 e. The molecule has 3 aromatic carbocycles. The first-order chi connectivity index (χ1) is 19.4. The van der Waals surface area contributed by atoms with Gasteiger partial charge < -0.3 is 4.74 Å². The summed E-state index contributed by atoms with van der Waals surface area (Å²) in [4.78, 5) is 18.7. The molecule has 200 valence electrons. The van der Waals surface area contributed by atoms with Gasteiger partial charge in [-0.25, -0.2) is 4.68 Å². The van der Waals surface area contributed by atoms with Crippen LogP contribution in [0.25, 0.3) is 39.4 Å². The Morgan fingerprint density at radius 2 is 1.68 bits per heavy atom. The van der Waals surface area contributed by atoms with E-state index in [1.165, 1.54) is 21.4 Å². The topological polar surface area (TPSA) is 74.3 Å². The van der Waals surface area contributed by atoms with Crippen LogP contribution in [-0.2, 0) is 0 Å². The zero-order chi connectivity index (χ0) is 27.8. The molecule has 0 radical (unpaired) electrons. The quantitative estimate of drug-likeness (QED) is 0.248. The third-order valence-electron chi connectivity index (χ3n) is 6.73. The van der Waals surface area contributed by atoms with Gasteiger partial charge in [-0.1, -0.05) is 54.2 Å². The average molecular weight is 548 g/mol. The Morgan fingerprint density at radius 3 is 2.35 bits per heavy atom. The number of ether oxygens (including phenoxy) is 1. The van der Waals surface area contributed by atoms with Crippen molar-refractivity contribution in [3.63, 3.8) is 0 Å². The smallest absolute Gasteiger partial charge is 0.291 e. The molecule has 0 saturated carbocycles. The summed E-state index contributed by atoms with van der Waals surface area (Å²) < 4.78 is 9.48. The van der Waals surface area contributed by atoms with E-state index >= 15 is 0 Å². The van der Waals surface area contributed by atoms with Crippen LogP contribution in [0.15, 0.2) is 77.7 Å². The number of rotatable bonds is 7. The van der Waals surface area contributed by atoms with E-state index in [0.717, 1.165) is 51.4 Å². The van der Waals surface area contributed by atoms with Crippen molar-refractivity contribution in [1.29, 1.82) is 0 Å². The molecule has 3 heterocycles. The van der Waals surface area contributed by atoms with Gasteiger partial charge in [-0.2, -0.15) is 14.6 Å². The highest BCUT2D eigenvalue weighted by atomic mass is 32.1. The SMILES string of the molecule is CCCOc1ccc(-c2nc3sc(=Cc4cn(-c5ccccc5)nc4-c4c(C)cc(C)cc4C)c(=O)n3n2)cc1. The first kappa shape index (κ1) is 25.7. The molecule has 0 amide bonds. The van der Waals surface area contributed by atoms with Gasteiger partial charge in [0.05, 0.1) is 16.8 Å². The molecule has 3 aromatic heterocycles. The Kier molecular flexibility index (Phi) is 6.77. The van der Waals surface area contributed by atoms with Crippen LogP contribution in [0.5, 0.6) is 5.75 Å². The molecular weight excluding hydrogens is 518 g/mol. The summed E-state index contributed by atoms with van der Waals surface area (Å²) in [6, 6.07) is 22.0. The van der Waals surface area contributed by atoms with Gasteiger partial charge in [0.2, 0.25) is 4.96 Å². The van der Waals surface area contributed by atoms with Crippen LogP contribution < -0.4 is 14.8 Å². The predicted molar refractivity (Wildman–Crippen MR) is 160 cm³/mol. The molecule has 0 spiro atoms. The highest BCUT2D eigenvalue weighted by Crippen LogP contribution is 2.31. The second-order valence-corrected chi connectivity index (χ2v) is 10.9. The predicted octanol–water partition coefficient (Wildman–Crippen LogP) is 5.93. The van der Waals surface area contributed by atoms with E-state index in [9.17, 15) is 4.79 Å². The lowest BCUT2D eigenvalue weighted by Gasteiger charge is -2.10. The number of benzene rings is 3. The lowest BCUT2D eigenvalue weighted by molar-refractivity contribution is 0.317. The number of aromatic nitrogens is 5. The van der Waals surface area contributed by atoms with Gasteiger partial charge >= 0.3 is 0 Å². The van der Waals surface area contributed by atoms with Crippen molar-refractivity contribution in [3.8, 4) is 34.1 Å². The molecule has 0 aliphatic rings. The minimum atomic E-state index is -0.197. The number of hydrogen-bond acceptors (Lipinski definition) is 6. The van der Waals surface area contributed by atoms with Gasteiger partial charge in [0, 0.05) is 22.9 Å². The van der Waals surface area contributed by atoms with E-state index in [1.54, 1.807) is 0 Å². The number of nitrogens with zero attached hydrogens (tertiary/aromatic N) is 5. The number of aryl methyl sites for hydroxylation is 3. The zero-order valence-corrected chi connectivity index (χ0v) is 23.7. The third kappa shape index (κ3) is 4.82. The van der Waals surface area contributed by atoms with Gasteiger partial charge in [0.15, 0.2) is 5.82 Å². The fraction of sp³-hybridized carbons (Fsp3) is 0.188. The minimum Gasteiger partial charge on any atom is -0.494 e. The van der Waals surface area contributed by atoms with Crippen LogP contribution in [0.4, 0.5) is 0 Å². The standard InChI is InChI=1S/C32H29N5O2S/c1-5-15-39-26-13-11-23(12-14-26)30-33-32-37(35-30)31(38)27(40-32)18-24-19-36(25-9-7-6-8-10-25)34-29(24)28-21(3)16-20(2)17-22(28)4/h6-14,16-19H,5,15H2,1-4H3. The van der Waals surface area contributed by atoms with E-state index in [1.807, 2.05) is 71.6 Å². The normalized spacial score (nSPS) is 11.9. The Labute approximate surface area is 236 Å². The highest BCUT2D eigenvalue weighted by molar-refractivity contribution is 7.15. The number of fused-ring (bicyclic) bond motifs is 1. The lowest BCUT2D eigenvalue weighted by Crippen LogP contribution is -2.23. The van der Waals surface area contributed by atoms with Crippen LogP contribution >= 0.6 is 11.3 Å². The maximum absolute atomic E-state index is 13.4. The molecule has 0 unspecified atom stereocenters. The number of para-hydroxylation sites is 1. The van der Waals surface area contributed by atoms with Gasteiger partial charge in [-0.05, 0) is 80.8 Å². The summed E-state index contributed by atoms with van der Waals surface area (Å²) >= 11 is 1.33. The Bertz CT molecular complexity index is 1910. The Balaban J connectivity index is 1.44. The van der Waals surface area contributed by atoms with Crippen LogP contribution in [0.3, 0.4) is 0 Å². The average Bonchev–Trinajstić information content (AvgIpc) is 3.63. The number of thiazole rings is 1. The fourth-order valence-electron chi connectivity index (χ4n) is 4.97. The van der Waals surface area contributed by atoms with Crippen molar-refractivity contribution in [2.24, 2.45) is 0 Å². The molecule has 0 bridgehead atoms. The lowest BCUT2D eigenvalue weighted by atomic mass is 9.95. The second-order valence-electron chi connectivity index (χ2n) is 9.91. The van der Waals surface area contributed by atoms with Crippen LogP contribution in [-0.4, -0.2) is 31.0 Å². The fourth-order valence-corrected chi connectivity index (χ4v) is 5.87. The van der Waals surface area contributed by atoms with E-state index in [-0.39, 0.29) is 5.56 Å². The molecule has 8 heteroatoms. The summed E-state index contributed by atoms with van der Waals surface area (Å²) in [7, 11) is 0. The van der Waals surface area contributed by atoms with Crippen molar-refractivity contribution >= 4 is 22.4 Å². The first-order valence-corrected chi connectivity index (χ1v) is 14.1. The highest BCUT2D eigenvalue weighted by Gasteiger charge is 2.17. The van der Waals surface area contributed by atoms with E-state index in [4.69, 9.17) is 9.84 Å². The molecule has 0 N–H and O–H groups in total. The summed E-state index contributed by atoms with van der Waals surface area (Å²) in [5.41, 5.74) is 7.86. The summed E-state index contributed by atoms with van der Waals surface area (Å²) in [5.74, 6) is 1.32. The van der Waals surface area contributed by atoms with Crippen molar-refractivity contribution < 1.29 is 4.74 Å². The molecule has 0 atom stereocenters. The minimum absolute atomic E-state index is 0.197. The Hall–Kier alpha value is -4.56. The van der Waals surface area contributed by atoms with Gasteiger partial charge in [0.1, 0.15) is 11.4 Å². The molecule has 0 aliphatic heterocycles. The van der Waals surface area contributed by atoms with Gasteiger partial charge in [0.25, 0.3) is 5.56 Å². The summed E-state index contributed by atoms with van der Waals surface area (Å²) in [5, 5.41) is 9.52. The van der Waals surface area contributed by atoms with Crippen LogP contribution in [0.1, 0.15) is 35.6 Å². The van der Waals surface area contributed by atoms with Crippen molar-refractivity contribution in [3.05, 3.63) is 110 Å². The second kappa shape index (κ2) is 10.5. The van der Waals surface area contributed by atoms with Gasteiger partial charge in [-0.15, -0.1) is 5.10 Å². The molecule has 7 nitrogen and oxygen atoms in total. The molecule has 0 saturated heterocycles. The molecular formula is C32H29N5O2S. The largest absolute Gasteiger partial charge is 0.494 e. The van der Waals surface area contributed by atoms with Crippen LogP contribution in [0, 0.1) is 20.8 Å². The first-order valence-electron chi connectivity index (χ1n) is 13.3. The molecule has 0 fully saturated rings. The zero-order valence-electron chi connectivity index (χ0n) is 22.9. The van der Waals surface area contributed by atoms with E-state index in [0.29, 0.717) is 21.9 Å². The van der Waals surface area contributed by atoms with Gasteiger partial charge in [-0.3, -0.25) is 4.79 Å². The van der Waals surface area contributed by atoms with Crippen molar-refractivity contribution in [1.82, 2.24) is 24.4 Å². The molecule has 40 heavy (non-hydrogen) atoms. The Morgan fingerprint density at radius 1 is 0.950 bits per heavy atom. The summed E-state index contributed by atoms with van der Waals surface area (Å²) in [6.07, 6.45) is 4.83. The van der Waals surface area contributed by atoms with Crippen LogP contribution in [0.2, 0.25) is 0 Å². The molecule has 6 aromatic rings. The molecule has 0 aliphatic carbocycles. The maximum atomic E-state index is 13.4. The number of hydrogen-bond donors (Lipinski definition) is 0. The van der Waals surface area contributed by atoms with Crippen molar-refractivity contribution in [2.75, 3.05) is 6.61 Å². The van der Waals surface area contributed by atoms with E-state index in [2.05, 4.69) is 49.9 Å². The third-order valence-corrected chi connectivity index (χ3v) is 7.69. The van der Waals surface area contributed by atoms with E-state index < -0.39 is 0 Å². The monoisotopic (exact) mass is 547 g/mol. The molecule has 6 rings (SSSR count).